The molecule has 12 nitrogen and oxygen atoms in total. The standard InChI is InChI=1S/C17H17N7O5/c1-24-7-10(14(23-24)15(18)26)21-16(27)11-8-29-17(22-11)9-3-4-19-12(5-9)20-6-13(25)28-2/h3-5,7-8H,6H2,1-2H3,(H2,18,26)(H,19,20)(H,21,27). The molecule has 0 bridgehead atoms. The molecule has 0 aromatic carbocycles. The number of nitrogens with zero attached hydrogens (tertiary/aromatic N) is 4. The number of pyridine rings is 1. The Morgan fingerprint density at radius 3 is 2.86 bits per heavy atom. The fourth-order valence-electron chi connectivity index (χ4n) is 2.35. The smallest absolute Gasteiger partial charge is 0.325 e. The van der Waals surface area contributed by atoms with Crippen LogP contribution in [0.5, 0.6) is 0 Å². The lowest BCUT2D eigenvalue weighted by molar-refractivity contribution is -0.138. The highest BCUT2D eigenvalue weighted by molar-refractivity contribution is 6.07. The number of methoxy groups -OCH3 is 1. The molecule has 3 heterocycles. The lowest BCUT2D eigenvalue weighted by Crippen LogP contribution is -2.18. The van der Waals surface area contributed by atoms with Crippen molar-refractivity contribution in [3.63, 3.8) is 0 Å². The molecule has 29 heavy (non-hydrogen) atoms. The zero-order valence-corrected chi connectivity index (χ0v) is 15.5. The second-order valence-electron chi connectivity index (χ2n) is 5.78. The number of anilines is 2. The molecule has 0 aliphatic rings. The lowest BCUT2D eigenvalue weighted by atomic mass is 10.2. The first-order chi connectivity index (χ1) is 13.9. The van der Waals surface area contributed by atoms with Gasteiger partial charge in [-0.3, -0.25) is 19.1 Å². The van der Waals surface area contributed by atoms with Crippen molar-refractivity contribution in [3.05, 3.63) is 42.2 Å². The molecule has 0 saturated heterocycles. The van der Waals surface area contributed by atoms with Crippen LogP contribution in [-0.2, 0) is 16.6 Å². The number of nitrogens with one attached hydrogen (secondary N) is 2. The van der Waals surface area contributed by atoms with E-state index in [1.54, 1.807) is 19.2 Å². The number of nitrogens with two attached hydrogens (primary N) is 1. The van der Waals surface area contributed by atoms with Gasteiger partial charge in [0, 0.05) is 25.0 Å². The second kappa shape index (κ2) is 8.21. The number of oxazole rings is 1. The minimum atomic E-state index is -0.773. The molecule has 2 amide bonds. The van der Waals surface area contributed by atoms with Crippen LogP contribution in [0, 0.1) is 0 Å². The van der Waals surface area contributed by atoms with E-state index >= 15 is 0 Å². The van der Waals surface area contributed by atoms with Crippen molar-refractivity contribution in [2.75, 3.05) is 24.3 Å². The van der Waals surface area contributed by atoms with E-state index < -0.39 is 17.8 Å². The van der Waals surface area contributed by atoms with Gasteiger partial charge >= 0.3 is 5.97 Å². The number of rotatable bonds is 7. The van der Waals surface area contributed by atoms with E-state index in [2.05, 4.69) is 30.4 Å². The average molecular weight is 399 g/mol. The number of aromatic nitrogens is 4. The van der Waals surface area contributed by atoms with E-state index in [0.29, 0.717) is 11.4 Å². The summed E-state index contributed by atoms with van der Waals surface area (Å²) in [5, 5.41) is 9.21. The molecule has 150 valence electrons. The van der Waals surface area contributed by atoms with E-state index in [4.69, 9.17) is 10.2 Å². The molecule has 3 rings (SSSR count). The highest BCUT2D eigenvalue weighted by Crippen LogP contribution is 2.21. The molecule has 0 saturated carbocycles. The largest absolute Gasteiger partial charge is 0.468 e. The van der Waals surface area contributed by atoms with Crippen molar-refractivity contribution in [1.29, 1.82) is 0 Å². The molecule has 0 aliphatic heterocycles. The number of hydrogen-bond acceptors (Lipinski definition) is 9. The maximum Gasteiger partial charge on any atom is 0.325 e. The van der Waals surface area contributed by atoms with Gasteiger partial charge in [0.05, 0.1) is 12.8 Å². The van der Waals surface area contributed by atoms with Crippen LogP contribution in [0.1, 0.15) is 21.0 Å². The fraction of sp³-hybridized carbons (Fsp3) is 0.176. The Hall–Kier alpha value is -4.22. The summed E-state index contributed by atoms with van der Waals surface area (Å²) in [6.07, 6.45) is 4.11. The van der Waals surface area contributed by atoms with Gasteiger partial charge in [-0.1, -0.05) is 0 Å². The molecule has 0 fully saturated rings. The van der Waals surface area contributed by atoms with Crippen molar-refractivity contribution < 1.29 is 23.5 Å². The van der Waals surface area contributed by atoms with E-state index in [1.165, 1.54) is 30.4 Å². The Morgan fingerprint density at radius 2 is 2.14 bits per heavy atom. The van der Waals surface area contributed by atoms with Gasteiger partial charge in [-0.25, -0.2) is 9.97 Å². The van der Waals surface area contributed by atoms with E-state index in [9.17, 15) is 14.4 Å². The lowest BCUT2D eigenvalue weighted by Gasteiger charge is -2.04. The Kier molecular flexibility index (Phi) is 5.53. The molecule has 3 aromatic rings. The topological polar surface area (TPSA) is 167 Å². The zero-order valence-electron chi connectivity index (χ0n) is 15.5. The maximum absolute atomic E-state index is 12.4. The molecule has 0 spiro atoms. The van der Waals surface area contributed by atoms with Gasteiger partial charge in [0.25, 0.3) is 11.8 Å². The van der Waals surface area contributed by atoms with Crippen LogP contribution < -0.4 is 16.4 Å². The van der Waals surface area contributed by atoms with Crippen LogP contribution in [0.3, 0.4) is 0 Å². The highest BCUT2D eigenvalue weighted by Gasteiger charge is 2.19. The van der Waals surface area contributed by atoms with Gasteiger partial charge in [-0.2, -0.15) is 5.10 Å². The van der Waals surface area contributed by atoms with Crippen LogP contribution in [0.2, 0.25) is 0 Å². The molecular weight excluding hydrogens is 382 g/mol. The van der Waals surface area contributed by atoms with Gasteiger partial charge in [0.15, 0.2) is 11.4 Å². The molecule has 0 unspecified atom stereocenters. The monoisotopic (exact) mass is 399 g/mol. The number of carbonyl (C=O) groups is 3. The Morgan fingerprint density at radius 1 is 1.34 bits per heavy atom. The van der Waals surface area contributed by atoms with E-state index in [1.807, 2.05) is 0 Å². The van der Waals surface area contributed by atoms with Gasteiger partial charge in [0.2, 0.25) is 5.89 Å². The van der Waals surface area contributed by atoms with Crippen LogP contribution in [0.15, 0.2) is 35.2 Å². The minimum Gasteiger partial charge on any atom is -0.468 e. The predicted octanol–water partition coefficient (Wildman–Crippen LogP) is 0.406. The van der Waals surface area contributed by atoms with E-state index in [0.717, 1.165) is 0 Å². The number of aryl methyl sites for hydroxylation is 1. The minimum absolute atomic E-state index is 0.0137. The van der Waals surface area contributed by atoms with Crippen LogP contribution in [-0.4, -0.2) is 51.2 Å². The van der Waals surface area contributed by atoms with Crippen molar-refractivity contribution in [2.45, 2.75) is 0 Å². The number of esters is 1. The van der Waals surface area contributed by atoms with Crippen molar-refractivity contribution in [3.8, 4) is 11.5 Å². The summed E-state index contributed by atoms with van der Waals surface area (Å²) < 4.78 is 11.3. The Balaban J connectivity index is 1.74. The summed E-state index contributed by atoms with van der Waals surface area (Å²) in [5.41, 5.74) is 5.86. The third-order valence-electron chi connectivity index (χ3n) is 3.70. The van der Waals surface area contributed by atoms with E-state index in [-0.39, 0.29) is 29.5 Å². The van der Waals surface area contributed by atoms with Gasteiger partial charge in [0.1, 0.15) is 18.6 Å². The molecule has 3 aromatic heterocycles. The number of primary amides is 1. The number of carbonyl (C=O) groups excluding carboxylic acids is 3. The first-order valence-corrected chi connectivity index (χ1v) is 8.25. The van der Waals surface area contributed by atoms with Crippen LogP contribution >= 0.6 is 0 Å². The third-order valence-corrected chi connectivity index (χ3v) is 3.70. The molecular formula is C17H17N7O5. The summed E-state index contributed by atoms with van der Waals surface area (Å²) in [7, 11) is 2.87. The number of hydrogen-bond donors (Lipinski definition) is 3. The Labute approximate surface area is 164 Å². The second-order valence-corrected chi connectivity index (χ2v) is 5.78. The average Bonchev–Trinajstić information content (AvgIpc) is 3.33. The quantitative estimate of drug-likeness (QED) is 0.476. The summed E-state index contributed by atoms with van der Waals surface area (Å²) in [5.74, 6) is -1.25. The third kappa shape index (κ3) is 4.55. The summed E-state index contributed by atoms with van der Waals surface area (Å²) in [4.78, 5) is 43.3. The van der Waals surface area contributed by atoms with Crippen molar-refractivity contribution in [2.24, 2.45) is 12.8 Å². The number of ether oxygens (including phenoxy) is 1. The molecule has 0 aliphatic carbocycles. The molecule has 12 heteroatoms. The summed E-state index contributed by atoms with van der Waals surface area (Å²) >= 11 is 0. The van der Waals surface area contributed by atoms with Gasteiger partial charge < -0.3 is 25.5 Å². The predicted molar refractivity (Wildman–Crippen MR) is 99.9 cm³/mol. The maximum atomic E-state index is 12.4. The molecule has 0 radical (unpaired) electrons. The number of amides is 2. The summed E-state index contributed by atoms with van der Waals surface area (Å²) in [6, 6.07) is 3.23. The van der Waals surface area contributed by atoms with Crippen molar-refractivity contribution in [1.82, 2.24) is 19.7 Å². The highest BCUT2D eigenvalue weighted by atomic mass is 16.5. The SMILES string of the molecule is COC(=O)CNc1cc(-c2nc(C(=O)Nc3cn(C)nc3C(N)=O)co2)ccn1. The first kappa shape index (κ1) is 19.5. The first-order valence-electron chi connectivity index (χ1n) is 8.25. The Bertz CT molecular complexity index is 1070. The normalized spacial score (nSPS) is 10.4. The van der Waals surface area contributed by atoms with Crippen molar-refractivity contribution >= 4 is 29.3 Å². The van der Waals surface area contributed by atoms with Gasteiger partial charge in [-0.15, -0.1) is 0 Å². The molecule has 4 N–H and O–H groups in total. The van der Waals surface area contributed by atoms with Crippen LogP contribution in [0.4, 0.5) is 11.5 Å². The van der Waals surface area contributed by atoms with Gasteiger partial charge in [-0.05, 0) is 12.1 Å². The molecule has 0 atom stereocenters. The zero-order chi connectivity index (χ0) is 21.0. The summed E-state index contributed by atoms with van der Waals surface area (Å²) in [6.45, 7) is -0.0561. The fourth-order valence-corrected chi connectivity index (χ4v) is 2.35. The van der Waals surface area contributed by atoms with Crippen LogP contribution in [0.25, 0.3) is 11.5 Å².